The van der Waals surface area contributed by atoms with Crippen LogP contribution in [0.25, 0.3) is 33.6 Å². The van der Waals surface area contributed by atoms with Crippen LogP contribution in [-0.2, 0) is 5.41 Å². The van der Waals surface area contributed by atoms with Gasteiger partial charge >= 0.3 is 0 Å². The Morgan fingerprint density at radius 3 is 1.39 bits per heavy atom. The summed E-state index contributed by atoms with van der Waals surface area (Å²) in [6, 6.07) is 34.1. The third kappa shape index (κ3) is 3.89. The summed E-state index contributed by atoms with van der Waals surface area (Å²) in [6.07, 6.45) is 0. The summed E-state index contributed by atoms with van der Waals surface area (Å²) in [4.78, 5) is 4.96. The number of hydrogen-bond donors (Lipinski definition) is 0. The summed E-state index contributed by atoms with van der Waals surface area (Å²) >= 11 is 0. The Bertz CT molecular complexity index is 999. The zero-order valence-corrected chi connectivity index (χ0v) is 16.7. The molecule has 1 heterocycles. The molecule has 0 unspecified atom stereocenters. The van der Waals surface area contributed by atoms with E-state index in [1.807, 2.05) is 12.1 Å². The SMILES string of the molecule is CC(C)(C)c1ccc(-c2cc(-c3ccccc3)nc(-c3ccccc3)c2)cc1. The van der Waals surface area contributed by atoms with Gasteiger partial charge in [-0.05, 0) is 34.2 Å². The number of pyridine rings is 1. The largest absolute Gasteiger partial charge is 0.248 e. The lowest BCUT2D eigenvalue weighted by molar-refractivity contribution is 0.590. The minimum atomic E-state index is 0.154. The van der Waals surface area contributed by atoms with Gasteiger partial charge in [0.25, 0.3) is 0 Å². The predicted molar refractivity (Wildman–Crippen MR) is 119 cm³/mol. The second-order valence-corrected chi connectivity index (χ2v) is 8.19. The molecule has 4 rings (SSSR count). The van der Waals surface area contributed by atoms with Crippen LogP contribution in [0.1, 0.15) is 26.3 Å². The Hall–Kier alpha value is -3.19. The molecule has 0 aliphatic carbocycles. The van der Waals surface area contributed by atoms with Gasteiger partial charge in [-0.25, -0.2) is 4.98 Å². The fraction of sp³-hybridized carbons (Fsp3) is 0.148. The van der Waals surface area contributed by atoms with Crippen LogP contribution in [0, 0.1) is 0 Å². The molecular weight excluding hydrogens is 338 g/mol. The van der Waals surface area contributed by atoms with Gasteiger partial charge in [0.05, 0.1) is 11.4 Å². The molecule has 0 N–H and O–H groups in total. The molecule has 0 aliphatic rings. The predicted octanol–water partition coefficient (Wildman–Crippen LogP) is 7.38. The third-order valence-corrected chi connectivity index (χ3v) is 5.05. The first-order valence-electron chi connectivity index (χ1n) is 9.74. The van der Waals surface area contributed by atoms with Gasteiger partial charge in [-0.2, -0.15) is 0 Å². The zero-order chi connectivity index (χ0) is 19.6. The Balaban J connectivity index is 1.85. The second-order valence-electron chi connectivity index (χ2n) is 8.19. The quantitative estimate of drug-likeness (QED) is 0.370. The fourth-order valence-electron chi connectivity index (χ4n) is 3.37. The van der Waals surface area contributed by atoms with E-state index in [-0.39, 0.29) is 5.41 Å². The van der Waals surface area contributed by atoms with Crippen molar-refractivity contribution in [2.45, 2.75) is 26.2 Å². The monoisotopic (exact) mass is 363 g/mol. The highest BCUT2D eigenvalue weighted by molar-refractivity contribution is 5.76. The summed E-state index contributed by atoms with van der Waals surface area (Å²) in [7, 11) is 0. The molecule has 28 heavy (non-hydrogen) atoms. The maximum atomic E-state index is 4.96. The van der Waals surface area contributed by atoms with Gasteiger partial charge in [0.15, 0.2) is 0 Å². The van der Waals surface area contributed by atoms with Crippen LogP contribution in [0.3, 0.4) is 0 Å². The second kappa shape index (κ2) is 7.44. The molecule has 0 saturated heterocycles. The lowest BCUT2D eigenvalue weighted by atomic mass is 9.86. The molecule has 0 spiro atoms. The van der Waals surface area contributed by atoms with Crippen molar-refractivity contribution in [3.05, 3.63) is 103 Å². The molecule has 4 aromatic rings. The molecule has 0 bridgehead atoms. The van der Waals surface area contributed by atoms with E-state index >= 15 is 0 Å². The van der Waals surface area contributed by atoms with Crippen molar-refractivity contribution in [2.75, 3.05) is 0 Å². The number of rotatable bonds is 3. The molecule has 0 fully saturated rings. The minimum absolute atomic E-state index is 0.154. The number of hydrogen-bond acceptors (Lipinski definition) is 1. The Morgan fingerprint density at radius 2 is 0.964 bits per heavy atom. The number of nitrogens with zero attached hydrogens (tertiary/aromatic N) is 1. The number of benzene rings is 3. The smallest absolute Gasteiger partial charge is 0.0715 e. The summed E-state index contributed by atoms with van der Waals surface area (Å²) in [6.45, 7) is 6.74. The van der Waals surface area contributed by atoms with Gasteiger partial charge < -0.3 is 0 Å². The van der Waals surface area contributed by atoms with Crippen molar-refractivity contribution >= 4 is 0 Å². The van der Waals surface area contributed by atoms with Crippen molar-refractivity contribution in [1.29, 1.82) is 0 Å². The van der Waals surface area contributed by atoms with Gasteiger partial charge in [0.1, 0.15) is 0 Å². The highest BCUT2D eigenvalue weighted by Crippen LogP contribution is 2.31. The number of aromatic nitrogens is 1. The Labute approximate surface area is 167 Å². The standard InChI is InChI=1S/C27H25N/c1-27(2,3)24-16-14-20(15-17-24)23-18-25(21-10-6-4-7-11-21)28-26(19-23)22-12-8-5-9-13-22/h4-19H,1-3H3. The maximum absolute atomic E-state index is 4.96. The molecule has 1 aromatic heterocycles. The molecule has 0 atom stereocenters. The zero-order valence-electron chi connectivity index (χ0n) is 16.7. The van der Waals surface area contributed by atoms with E-state index in [0.717, 1.165) is 22.5 Å². The van der Waals surface area contributed by atoms with Crippen molar-refractivity contribution < 1.29 is 0 Å². The van der Waals surface area contributed by atoms with E-state index in [1.165, 1.54) is 16.7 Å². The van der Waals surface area contributed by atoms with Crippen LogP contribution in [-0.4, -0.2) is 4.98 Å². The first-order valence-corrected chi connectivity index (χ1v) is 9.74. The molecular formula is C27H25N. The maximum Gasteiger partial charge on any atom is 0.0715 e. The summed E-state index contributed by atoms with van der Waals surface area (Å²) in [5.41, 5.74) is 8.16. The van der Waals surface area contributed by atoms with Crippen LogP contribution in [0.15, 0.2) is 97.1 Å². The molecule has 1 heteroatoms. The molecule has 1 nitrogen and oxygen atoms in total. The topological polar surface area (TPSA) is 12.9 Å². The van der Waals surface area contributed by atoms with E-state index in [9.17, 15) is 0 Å². The van der Waals surface area contributed by atoms with Gasteiger partial charge in [-0.1, -0.05) is 106 Å². The molecule has 0 saturated carbocycles. The van der Waals surface area contributed by atoms with Crippen LogP contribution in [0.5, 0.6) is 0 Å². The fourth-order valence-corrected chi connectivity index (χ4v) is 3.37. The van der Waals surface area contributed by atoms with E-state index in [0.29, 0.717) is 0 Å². The van der Waals surface area contributed by atoms with E-state index in [1.54, 1.807) is 0 Å². The minimum Gasteiger partial charge on any atom is -0.248 e. The average Bonchev–Trinajstić information content (AvgIpc) is 2.74. The van der Waals surface area contributed by atoms with E-state index in [2.05, 4.69) is 106 Å². The molecule has 138 valence electrons. The molecule has 0 radical (unpaired) electrons. The first kappa shape index (κ1) is 18.2. The highest BCUT2D eigenvalue weighted by Gasteiger charge is 2.14. The lowest BCUT2D eigenvalue weighted by Crippen LogP contribution is -2.10. The van der Waals surface area contributed by atoms with Crippen LogP contribution in [0.4, 0.5) is 0 Å². The average molecular weight is 364 g/mol. The Morgan fingerprint density at radius 1 is 0.500 bits per heavy atom. The van der Waals surface area contributed by atoms with Crippen molar-refractivity contribution in [3.8, 4) is 33.6 Å². The normalized spacial score (nSPS) is 11.4. The van der Waals surface area contributed by atoms with E-state index in [4.69, 9.17) is 4.98 Å². The highest BCUT2D eigenvalue weighted by atomic mass is 14.7. The molecule has 3 aromatic carbocycles. The van der Waals surface area contributed by atoms with E-state index < -0.39 is 0 Å². The van der Waals surface area contributed by atoms with Gasteiger partial charge in [0.2, 0.25) is 0 Å². The van der Waals surface area contributed by atoms with Crippen molar-refractivity contribution in [2.24, 2.45) is 0 Å². The lowest BCUT2D eigenvalue weighted by Gasteiger charge is -2.19. The van der Waals surface area contributed by atoms with Crippen molar-refractivity contribution in [3.63, 3.8) is 0 Å². The summed E-state index contributed by atoms with van der Waals surface area (Å²) in [5.74, 6) is 0. The summed E-state index contributed by atoms with van der Waals surface area (Å²) < 4.78 is 0. The summed E-state index contributed by atoms with van der Waals surface area (Å²) in [5, 5.41) is 0. The third-order valence-electron chi connectivity index (χ3n) is 5.05. The van der Waals surface area contributed by atoms with Crippen LogP contribution in [0.2, 0.25) is 0 Å². The molecule has 0 aliphatic heterocycles. The van der Waals surface area contributed by atoms with Gasteiger partial charge in [-0.3, -0.25) is 0 Å². The first-order chi connectivity index (χ1) is 13.5. The molecule has 0 amide bonds. The van der Waals surface area contributed by atoms with Gasteiger partial charge in [-0.15, -0.1) is 0 Å². The van der Waals surface area contributed by atoms with Gasteiger partial charge in [0, 0.05) is 11.1 Å². The van der Waals surface area contributed by atoms with Crippen LogP contribution >= 0.6 is 0 Å². The Kier molecular flexibility index (Phi) is 4.83. The van der Waals surface area contributed by atoms with Crippen LogP contribution < -0.4 is 0 Å². The van der Waals surface area contributed by atoms with Crippen molar-refractivity contribution in [1.82, 2.24) is 4.98 Å².